The van der Waals surface area contributed by atoms with Crippen molar-refractivity contribution >= 4 is 11.9 Å². The SMILES string of the molecule is CN(C)CCOCC1CC[C@H]2[C@H]1OCCN2Cc1ccccn1.O=C(O)C(F)(F)F.O=C(O)C(F)(F)F. The molecule has 0 aromatic carbocycles. The maximum atomic E-state index is 10.6. The van der Waals surface area contributed by atoms with Crippen LogP contribution in [-0.4, -0.2) is 108 Å². The molecule has 3 atom stereocenters. The Bertz CT molecular complexity index is 801. The first-order valence-corrected chi connectivity index (χ1v) is 11.2. The van der Waals surface area contributed by atoms with Gasteiger partial charge in [-0.15, -0.1) is 0 Å². The van der Waals surface area contributed by atoms with Crippen LogP contribution in [0.4, 0.5) is 26.3 Å². The molecule has 0 amide bonds. The highest BCUT2D eigenvalue weighted by Gasteiger charge is 2.42. The zero-order valence-corrected chi connectivity index (χ0v) is 20.3. The summed E-state index contributed by atoms with van der Waals surface area (Å²) in [5.74, 6) is -4.98. The van der Waals surface area contributed by atoms with E-state index < -0.39 is 24.3 Å². The zero-order chi connectivity index (χ0) is 28.2. The molecule has 1 saturated carbocycles. The van der Waals surface area contributed by atoms with Crippen molar-refractivity contribution in [1.82, 2.24) is 14.8 Å². The minimum absolute atomic E-state index is 0.326. The first-order valence-electron chi connectivity index (χ1n) is 11.2. The molecule has 0 spiro atoms. The quantitative estimate of drug-likeness (QED) is 0.393. The smallest absolute Gasteiger partial charge is 0.475 e. The Labute approximate surface area is 210 Å². The van der Waals surface area contributed by atoms with Crippen molar-refractivity contribution in [3.63, 3.8) is 0 Å². The monoisotopic (exact) mass is 547 g/mol. The van der Waals surface area contributed by atoms with E-state index in [0.717, 1.165) is 45.1 Å². The number of carbonyl (C=O) groups is 2. The number of pyridine rings is 1. The predicted octanol–water partition coefficient (Wildman–Crippen LogP) is 2.91. The van der Waals surface area contributed by atoms with Gasteiger partial charge in [0.25, 0.3) is 0 Å². The van der Waals surface area contributed by atoms with Gasteiger partial charge in [-0.2, -0.15) is 26.3 Å². The molecule has 212 valence electrons. The van der Waals surface area contributed by atoms with Crippen LogP contribution in [0.2, 0.25) is 0 Å². The Morgan fingerprint density at radius 1 is 1.11 bits per heavy atom. The number of halogens is 6. The molecule has 37 heavy (non-hydrogen) atoms. The fraction of sp³-hybridized carbons (Fsp3) is 0.682. The average Bonchev–Trinajstić information content (AvgIpc) is 3.21. The lowest BCUT2D eigenvalue weighted by Crippen LogP contribution is -2.50. The van der Waals surface area contributed by atoms with Crippen molar-refractivity contribution in [2.24, 2.45) is 5.92 Å². The second-order valence-electron chi connectivity index (χ2n) is 8.52. The zero-order valence-electron chi connectivity index (χ0n) is 20.3. The van der Waals surface area contributed by atoms with Gasteiger partial charge in [-0.1, -0.05) is 6.07 Å². The Morgan fingerprint density at radius 3 is 2.19 bits per heavy atom. The van der Waals surface area contributed by atoms with E-state index in [2.05, 4.69) is 41.0 Å². The van der Waals surface area contributed by atoms with Gasteiger partial charge in [0.1, 0.15) is 0 Å². The Morgan fingerprint density at radius 2 is 1.70 bits per heavy atom. The Kier molecular flexibility index (Phi) is 13.2. The molecule has 2 fully saturated rings. The van der Waals surface area contributed by atoms with Crippen LogP contribution in [-0.2, 0) is 25.6 Å². The molecule has 1 aromatic rings. The lowest BCUT2D eigenvalue weighted by atomic mass is 10.0. The van der Waals surface area contributed by atoms with Crippen molar-refractivity contribution in [3.8, 4) is 0 Å². The minimum Gasteiger partial charge on any atom is -0.475 e. The van der Waals surface area contributed by atoms with E-state index >= 15 is 0 Å². The van der Waals surface area contributed by atoms with Crippen molar-refractivity contribution in [2.75, 3.05) is 47.0 Å². The van der Waals surface area contributed by atoms with E-state index in [-0.39, 0.29) is 0 Å². The van der Waals surface area contributed by atoms with Gasteiger partial charge in [0.15, 0.2) is 0 Å². The summed E-state index contributed by atoms with van der Waals surface area (Å²) in [5.41, 5.74) is 1.15. The van der Waals surface area contributed by atoms with Gasteiger partial charge in [-0.25, -0.2) is 9.59 Å². The molecular weight excluding hydrogens is 516 g/mol. The summed E-state index contributed by atoms with van der Waals surface area (Å²) < 4.78 is 75.5. The number of carboxylic acid groups (broad SMARTS) is 2. The number of fused-ring (bicyclic) bond motifs is 1. The molecule has 2 aliphatic rings. The summed E-state index contributed by atoms with van der Waals surface area (Å²) in [6.07, 6.45) is -5.55. The molecule has 0 bridgehead atoms. The maximum absolute atomic E-state index is 10.6. The van der Waals surface area contributed by atoms with Crippen LogP contribution in [0, 0.1) is 5.92 Å². The summed E-state index contributed by atoms with van der Waals surface area (Å²) in [5, 5.41) is 14.2. The van der Waals surface area contributed by atoms with E-state index in [1.54, 1.807) is 0 Å². The number of nitrogens with zero attached hydrogens (tertiary/aromatic N) is 3. The molecule has 1 aromatic heterocycles. The van der Waals surface area contributed by atoms with Crippen molar-refractivity contribution < 1.29 is 55.6 Å². The molecule has 2 N–H and O–H groups in total. The van der Waals surface area contributed by atoms with Crippen molar-refractivity contribution in [1.29, 1.82) is 0 Å². The number of aliphatic carboxylic acids is 2. The second kappa shape index (κ2) is 15.1. The summed E-state index contributed by atoms with van der Waals surface area (Å²) in [7, 11) is 4.16. The third-order valence-electron chi connectivity index (χ3n) is 5.43. The molecule has 1 aliphatic heterocycles. The highest BCUT2D eigenvalue weighted by molar-refractivity contribution is 5.73. The first kappa shape index (κ1) is 32.5. The fourth-order valence-corrected chi connectivity index (χ4v) is 3.69. The number of hydrogen-bond acceptors (Lipinski definition) is 7. The molecule has 1 aliphatic carbocycles. The fourth-order valence-electron chi connectivity index (χ4n) is 3.69. The number of likely N-dealkylation sites (N-methyl/N-ethyl adjacent to an activating group) is 1. The summed E-state index contributed by atoms with van der Waals surface area (Å²) in [6.45, 7) is 5.37. The van der Waals surface area contributed by atoms with Gasteiger partial charge in [0.05, 0.1) is 31.6 Å². The lowest BCUT2D eigenvalue weighted by molar-refractivity contribution is -0.193. The molecule has 0 radical (unpaired) electrons. The number of carboxylic acids is 2. The lowest BCUT2D eigenvalue weighted by Gasteiger charge is -2.39. The van der Waals surface area contributed by atoms with Gasteiger partial charge >= 0.3 is 24.3 Å². The highest BCUT2D eigenvalue weighted by atomic mass is 19.4. The third kappa shape index (κ3) is 12.5. The van der Waals surface area contributed by atoms with Crippen LogP contribution >= 0.6 is 0 Å². The van der Waals surface area contributed by atoms with E-state index in [0.29, 0.717) is 18.1 Å². The predicted molar refractivity (Wildman–Crippen MR) is 118 cm³/mol. The van der Waals surface area contributed by atoms with Gasteiger partial charge in [0, 0.05) is 37.8 Å². The molecule has 15 heteroatoms. The standard InChI is InChI=1S/C18H29N3O2.2C2HF3O2/c1-20(2)9-11-22-14-15-6-7-17-18(15)23-12-10-21(17)13-16-5-3-4-8-19-16;2*3-2(4,5)1(6)7/h3-5,8,15,17-18H,6-7,9-14H2,1-2H3;2*(H,6,7)/t15?,17-,18-;;/m0../s1. The van der Waals surface area contributed by atoms with E-state index in [4.69, 9.17) is 29.3 Å². The van der Waals surface area contributed by atoms with Crippen LogP contribution in [0.15, 0.2) is 24.4 Å². The molecule has 1 unspecified atom stereocenters. The number of hydrogen-bond donors (Lipinski definition) is 2. The second-order valence-corrected chi connectivity index (χ2v) is 8.52. The van der Waals surface area contributed by atoms with Crippen molar-refractivity contribution in [2.45, 2.75) is 43.9 Å². The normalized spacial score (nSPS) is 21.8. The van der Waals surface area contributed by atoms with Gasteiger partial charge < -0.3 is 24.6 Å². The molecule has 9 nitrogen and oxygen atoms in total. The van der Waals surface area contributed by atoms with Gasteiger partial charge in [-0.3, -0.25) is 9.88 Å². The average molecular weight is 547 g/mol. The van der Waals surface area contributed by atoms with Gasteiger partial charge in [-0.05, 0) is 39.1 Å². The van der Waals surface area contributed by atoms with E-state index in [1.165, 1.54) is 12.8 Å². The van der Waals surface area contributed by atoms with E-state index in [9.17, 15) is 26.3 Å². The topological polar surface area (TPSA) is 112 Å². The highest BCUT2D eigenvalue weighted by Crippen LogP contribution is 2.35. The molecule has 2 heterocycles. The number of rotatable bonds is 7. The number of morpholine rings is 1. The largest absolute Gasteiger partial charge is 0.490 e. The third-order valence-corrected chi connectivity index (χ3v) is 5.43. The number of alkyl halides is 6. The van der Waals surface area contributed by atoms with E-state index in [1.807, 2.05) is 12.3 Å². The molecule has 3 rings (SSSR count). The minimum atomic E-state index is -5.08. The number of ether oxygens (including phenoxy) is 2. The molecule has 1 saturated heterocycles. The van der Waals surface area contributed by atoms with Crippen LogP contribution in [0.3, 0.4) is 0 Å². The van der Waals surface area contributed by atoms with Crippen molar-refractivity contribution in [3.05, 3.63) is 30.1 Å². The van der Waals surface area contributed by atoms with Crippen LogP contribution in [0.5, 0.6) is 0 Å². The van der Waals surface area contributed by atoms with Gasteiger partial charge in [0.2, 0.25) is 0 Å². The van der Waals surface area contributed by atoms with Crippen LogP contribution in [0.1, 0.15) is 18.5 Å². The Balaban J connectivity index is 0.000000404. The van der Waals surface area contributed by atoms with Crippen LogP contribution < -0.4 is 0 Å². The summed E-state index contributed by atoms with van der Waals surface area (Å²) >= 11 is 0. The maximum Gasteiger partial charge on any atom is 0.490 e. The number of aromatic nitrogens is 1. The summed E-state index contributed by atoms with van der Waals surface area (Å²) in [4.78, 5) is 27.0. The summed E-state index contributed by atoms with van der Waals surface area (Å²) in [6, 6.07) is 6.67. The molecular formula is C22H31F6N3O6. The first-order chi connectivity index (χ1) is 17.1. The van der Waals surface area contributed by atoms with Crippen LogP contribution in [0.25, 0.3) is 0 Å². The Hall–Kier alpha value is -2.49.